The molecule has 0 bridgehead atoms. The maximum atomic E-state index is 6.28. The molecule has 6 nitrogen and oxygen atoms in total. The minimum absolute atomic E-state index is 0.303. The third kappa shape index (κ3) is 3.52. The van der Waals surface area contributed by atoms with Crippen molar-refractivity contribution in [3.63, 3.8) is 0 Å². The number of aryl methyl sites for hydroxylation is 1. The molecule has 23 heavy (non-hydrogen) atoms. The van der Waals surface area contributed by atoms with E-state index in [1.807, 2.05) is 23.9 Å². The number of allylic oxidation sites excluding steroid dienone is 3. The molecule has 0 saturated heterocycles. The molecule has 2 aliphatic rings. The Kier molecular flexibility index (Phi) is 4.91. The van der Waals surface area contributed by atoms with Gasteiger partial charge in [-0.1, -0.05) is 18.5 Å². The predicted octanol–water partition coefficient (Wildman–Crippen LogP) is 2.14. The Bertz CT molecular complexity index is 645. The van der Waals surface area contributed by atoms with Gasteiger partial charge in [0, 0.05) is 56.3 Å². The van der Waals surface area contributed by atoms with Crippen molar-refractivity contribution in [2.75, 3.05) is 31.5 Å². The lowest BCUT2D eigenvalue weighted by atomic mass is 9.94. The normalized spacial score (nSPS) is 19.4. The van der Waals surface area contributed by atoms with Crippen LogP contribution in [-0.4, -0.2) is 46.3 Å². The second-order valence-corrected chi connectivity index (χ2v) is 6.26. The summed E-state index contributed by atoms with van der Waals surface area (Å²) in [6.07, 6.45) is 8.86. The smallest absolute Gasteiger partial charge is 0.202 e. The van der Waals surface area contributed by atoms with E-state index in [1.165, 1.54) is 5.70 Å². The summed E-state index contributed by atoms with van der Waals surface area (Å²) in [6.45, 7) is 5.77. The van der Waals surface area contributed by atoms with Gasteiger partial charge < -0.3 is 20.2 Å². The van der Waals surface area contributed by atoms with Crippen LogP contribution < -0.4 is 10.7 Å². The number of hydrogen-bond donors (Lipinski definition) is 2. The Morgan fingerprint density at radius 2 is 2.30 bits per heavy atom. The summed E-state index contributed by atoms with van der Waals surface area (Å²) in [7, 11) is 1.99. The van der Waals surface area contributed by atoms with Gasteiger partial charge in [-0.3, -0.25) is 0 Å². The Morgan fingerprint density at radius 3 is 3.04 bits per heavy atom. The van der Waals surface area contributed by atoms with Gasteiger partial charge in [0.1, 0.15) is 0 Å². The number of nitrogens with one attached hydrogen (secondary N) is 2. The maximum Gasteiger partial charge on any atom is 0.202 e. The van der Waals surface area contributed by atoms with Gasteiger partial charge in [-0.25, -0.2) is 4.98 Å². The van der Waals surface area contributed by atoms with Gasteiger partial charge in [0.2, 0.25) is 5.95 Å². The van der Waals surface area contributed by atoms with E-state index in [4.69, 9.17) is 11.6 Å². The van der Waals surface area contributed by atoms with Crippen LogP contribution in [0.25, 0.3) is 0 Å². The van der Waals surface area contributed by atoms with Crippen LogP contribution in [0.2, 0.25) is 0 Å². The number of nitrogens with zero attached hydrogens (tertiary/aromatic N) is 4. The molecule has 1 aromatic rings. The summed E-state index contributed by atoms with van der Waals surface area (Å²) in [5.41, 5.74) is 5.37. The molecule has 0 aromatic carbocycles. The van der Waals surface area contributed by atoms with Gasteiger partial charge in [0.25, 0.3) is 0 Å². The van der Waals surface area contributed by atoms with Gasteiger partial charge in [0.05, 0.1) is 11.6 Å². The first-order valence-electron chi connectivity index (χ1n) is 8.04. The van der Waals surface area contributed by atoms with Crippen molar-refractivity contribution in [2.24, 2.45) is 18.1 Å². The highest BCUT2D eigenvalue weighted by Gasteiger charge is 2.30. The van der Waals surface area contributed by atoms with E-state index in [-0.39, 0.29) is 0 Å². The van der Waals surface area contributed by atoms with Crippen molar-refractivity contribution in [1.82, 2.24) is 19.9 Å². The highest BCUT2D eigenvalue weighted by Crippen LogP contribution is 2.28. The molecule has 0 saturated carbocycles. The van der Waals surface area contributed by atoms with E-state index in [0.717, 1.165) is 49.3 Å². The number of fused-ring (bicyclic) bond motifs is 1. The molecule has 0 spiro atoms. The highest BCUT2D eigenvalue weighted by atomic mass is 35.5. The van der Waals surface area contributed by atoms with E-state index in [2.05, 4.69) is 38.7 Å². The third-order valence-corrected chi connectivity index (χ3v) is 4.35. The minimum Gasteiger partial charge on any atom is -0.372 e. The molecule has 1 aliphatic heterocycles. The van der Waals surface area contributed by atoms with E-state index in [1.54, 1.807) is 6.20 Å². The van der Waals surface area contributed by atoms with Crippen LogP contribution in [0.3, 0.4) is 0 Å². The van der Waals surface area contributed by atoms with Crippen LogP contribution in [0.15, 0.2) is 40.4 Å². The standard InChI is InChI=1S/C16H23ClN6/c1-3-6-23(8-5-19-16-18-4-7-22(16)2)15-10-12(17)9-14-13(15)11-20-21-14/h4,7,9-10,13,20H,3,5-6,8,11H2,1-2H3,(H,18,19). The number of rotatable bonds is 7. The number of hydrogen-bond acceptors (Lipinski definition) is 5. The van der Waals surface area contributed by atoms with Gasteiger partial charge in [-0.05, 0) is 18.6 Å². The van der Waals surface area contributed by atoms with Crippen LogP contribution in [0.5, 0.6) is 0 Å². The molecular weight excluding hydrogens is 312 g/mol. The summed E-state index contributed by atoms with van der Waals surface area (Å²) >= 11 is 6.28. The Hall–Kier alpha value is -1.95. The molecule has 1 aromatic heterocycles. The summed E-state index contributed by atoms with van der Waals surface area (Å²) in [5, 5.41) is 8.47. The number of halogens is 1. The lowest BCUT2D eigenvalue weighted by Crippen LogP contribution is -2.36. The molecule has 0 amide bonds. The summed E-state index contributed by atoms with van der Waals surface area (Å²) in [6, 6.07) is 0. The molecule has 124 valence electrons. The van der Waals surface area contributed by atoms with Crippen molar-refractivity contribution in [2.45, 2.75) is 13.3 Å². The minimum atomic E-state index is 0.303. The molecule has 7 heteroatoms. The SMILES string of the molecule is CCCN(CCNc1nccn1C)C1=CC(Cl)=CC2=NNCC12. The predicted molar refractivity (Wildman–Crippen MR) is 94.5 cm³/mol. The van der Waals surface area contributed by atoms with Gasteiger partial charge >= 0.3 is 0 Å². The van der Waals surface area contributed by atoms with E-state index in [9.17, 15) is 0 Å². The molecule has 3 rings (SSSR count). The zero-order valence-electron chi connectivity index (χ0n) is 13.6. The van der Waals surface area contributed by atoms with Crippen molar-refractivity contribution >= 4 is 23.3 Å². The molecule has 1 aliphatic carbocycles. The van der Waals surface area contributed by atoms with Crippen molar-refractivity contribution in [3.8, 4) is 0 Å². The number of anilines is 1. The fraction of sp³-hybridized carbons (Fsp3) is 0.500. The van der Waals surface area contributed by atoms with Crippen LogP contribution >= 0.6 is 11.6 Å². The average molecular weight is 335 g/mol. The number of aromatic nitrogens is 2. The lowest BCUT2D eigenvalue weighted by molar-refractivity contribution is 0.331. The van der Waals surface area contributed by atoms with Gasteiger partial charge in [-0.2, -0.15) is 5.10 Å². The highest BCUT2D eigenvalue weighted by molar-refractivity contribution is 6.33. The molecule has 1 unspecified atom stereocenters. The fourth-order valence-electron chi connectivity index (χ4n) is 3.01. The molecule has 0 radical (unpaired) electrons. The first kappa shape index (κ1) is 15.9. The molecule has 2 heterocycles. The summed E-state index contributed by atoms with van der Waals surface area (Å²) < 4.78 is 1.98. The van der Waals surface area contributed by atoms with Crippen LogP contribution in [0.4, 0.5) is 5.95 Å². The Labute approximate surface area is 141 Å². The summed E-state index contributed by atoms with van der Waals surface area (Å²) in [4.78, 5) is 6.70. The first-order valence-corrected chi connectivity index (χ1v) is 8.42. The van der Waals surface area contributed by atoms with Gasteiger partial charge in [0.15, 0.2) is 0 Å². The van der Waals surface area contributed by atoms with Crippen LogP contribution in [-0.2, 0) is 7.05 Å². The molecule has 1 atom stereocenters. The van der Waals surface area contributed by atoms with E-state index < -0.39 is 0 Å². The zero-order chi connectivity index (χ0) is 16.2. The topological polar surface area (TPSA) is 57.5 Å². The number of imidazole rings is 1. The monoisotopic (exact) mass is 334 g/mol. The molecule has 2 N–H and O–H groups in total. The maximum absolute atomic E-state index is 6.28. The Morgan fingerprint density at radius 1 is 1.43 bits per heavy atom. The summed E-state index contributed by atoms with van der Waals surface area (Å²) in [5.74, 6) is 1.19. The second-order valence-electron chi connectivity index (χ2n) is 5.83. The van der Waals surface area contributed by atoms with Crippen LogP contribution in [0.1, 0.15) is 13.3 Å². The Balaban J connectivity index is 1.67. The van der Waals surface area contributed by atoms with E-state index in [0.29, 0.717) is 5.92 Å². The lowest BCUT2D eigenvalue weighted by Gasteiger charge is -2.32. The third-order valence-electron chi connectivity index (χ3n) is 4.13. The van der Waals surface area contributed by atoms with Gasteiger partial charge in [-0.15, -0.1) is 0 Å². The molecular formula is C16H23ClN6. The van der Waals surface area contributed by atoms with E-state index >= 15 is 0 Å². The number of hydrazone groups is 1. The zero-order valence-corrected chi connectivity index (χ0v) is 14.3. The van der Waals surface area contributed by atoms with Crippen molar-refractivity contribution in [3.05, 3.63) is 35.3 Å². The first-order chi connectivity index (χ1) is 11.2. The van der Waals surface area contributed by atoms with Crippen molar-refractivity contribution < 1.29 is 0 Å². The second kappa shape index (κ2) is 7.08. The average Bonchev–Trinajstić information content (AvgIpc) is 3.14. The molecule has 0 fully saturated rings. The largest absolute Gasteiger partial charge is 0.372 e. The van der Waals surface area contributed by atoms with Crippen LogP contribution in [0, 0.1) is 5.92 Å². The quantitative estimate of drug-likeness (QED) is 0.802. The van der Waals surface area contributed by atoms with Crippen molar-refractivity contribution in [1.29, 1.82) is 0 Å². The fourth-order valence-corrected chi connectivity index (χ4v) is 3.24.